The number of benzene rings is 2. The first-order chi connectivity index (χ1) is 18.8. The molecule has 2 heterocycles. The highest BCUT2D eigenvalue weighted by Crippen LogP contribution is 2.43. The van der Waals surface area contributed by atoms with Gasteiger partial charge in [-0.3, -0.25) is 9.09 Å². The molecule has 3 atom stereocenters. The maximum absolute atomic E-state index is 13.8. The maximum Gasteiger partial charge on any atom is 0.463 e. The van der Waals surface area contributed by atoms with E-state index in [-0.39, 0.29) is 13.0 Å². The average molecular weight is 573 g/mol. The highest BCUT2D eigenvalue weighted by Gasteiger charge is 2.37. The van der Waals surface area contributed by atoms with E-state index in [0.717, 1.165) is 10.8 Å². The van der Waals surface area contributed by atoms with Crippen LogP contribution in [0.15, 0.2) is 59.5 Å². The summed E-state index contributed by atoms with van der Waals surface area (Å²) in [7, 11) is 1.12. The van der Waals surface area contributed by atoms with E-state index in [1.165, 1.54) is 0 Å². The molecule has 39 heavy (non-hydrogen) atoms. The van der Waals surface area contributed by atoms with Crippen molar-refractivity contribution in [2.24, 2.45) is 0 Å². The van der Waals surface area contributed by atoms with E-state index in [0.29, 0.717) is 23.0 Å². The van der Waals surface area contributed by atoms with Crippen LogP contribution >= 0.6 is 8.60 Å². The smallest absolute Gasteiger partial charge is 0.463 e. The first-order valence-electron chi connectivity index (χ1n) is 11.3. The van der Waals surface area contributed by atoms with Gasteiger partial charge in [0.1, 0.15) is 35.3 Å². The summed E-state index contributed by atoms with van der Waals surface area (Å²) < 4.78 is 67.7. The zero-order valence-electron chi connectivity index (χ0n) is 20.9. The minimum absolute atomic E-state index is 0.0234. The minimum atomic E-state index is -1.99. The fourth-order valence-electron chi connectivity index (χ4n) is 3.35. The molecule has 212 valence electrons. The van der Waals surface area contributed by atoms with Crippen molar-refractivity contribution in [1.29, 1.82) is 0 Å². The van der Waals surface area contributed by atoms with Gasteiger partial charge in [-0.1, -0.05) is 0 Å². The van der Waals surface area contributed by atoms with E-state index >= 15 is 0 Å². The van der Waals surface area contributed by atoms with Gasteiger partial charge in [-0.25, -0.2) is 18.0 Å². The molecule has 0 spiro atoms. The zero-order chi connectivity index (χ0) is 28.4. The van der Waals surface area contributed by atoms with E-state index in [1.807, 2.05) is 0 Å². The Kier molecular flexibility index (Phi) is 11.2. The summed E-state index contributed by atoms with van der Waals surface area (Å²) in [6.07, 6.45) is -1.86. The number of nitrogens with zero attached hydrogens (tertiary/aromatic N) is 2. The Labute approximate surface area is 222 Å². The topological polar surface area (TPSA) is 137 Å². The molecule has 4 rings (SSSR count). The predicted octanol–water partition coefficient (Wildman–Crippen LogP) is 3.91. The summed E-state index contributed by atoms with van der Waals surface area (Å²) in [6, 6.07) is 13.7. The SMILES string of the molecule is COc1ccc(OP(OCC2OC(n3cc(F)c(N)nc3=O)CC2O)Oc2ccc(OC)cc2)cc1.FCF. The van der Waals surface area contributed by atoms with Gasteiger partial charge in [0.15, 0.2) is 11.6 Å². The predicted molar refractivity (Wildman–Crippen MR) is 135 cm³/mol. The molecule has 15 heteroatoms. The summed E-state index contributed by atoms with van der Waals surface area (Å²) in [6.45, 7) is -1.88. The summed E-state index contributed by atoms with van der Waals surface area (Å²) >= 11 is 0. The standard InChI is InChI=1S/C23H25FN3O8P.CH2F2/c1-30-14-3-7-16(8-4-14)34-36(35-17-9-5-15(31-2)6-10-17)32-13-20-19(28)11-21(33-20)27-12-18(24)22(25)26-23(27)29;2-1-3/h3-10,12,19-21,28H,11,13H2,1-2H3,(H2,25,26,29);1H2. The Bertz CT molecular complexity index is 1190. The molecular weight excluding hydrogens is 546 g/mol. The molecule has 0 amide bonds. The lowest BCUT2D eigenvalue weighted by molar-refractivity contribution is -0.0422. The van der Waals surface area contributed by atoms with Crippen LogP contribution in [0.1, 0.15) is 12.6 Å². The second kappa shape index (κ2) is 14.5. The number of methoxy groups -OCH3 is 2. The molecule has 3 unspecified atom stereocenters. The maximum atomic E-state index is 13.8. The molecule has 1 fully saturated rings. The molecule has 0 saturated carbocycles. The van der Waals surface area contributed by atoms with Crippen molar-refractivity contribution in [3.05, 3.63) is 71.0 Å². The minimum Gasteiger partial charge on any atom is -0.497 e. The number of aliphatic hydroxyl groups excluding tert-OH is 1. The lowest BCUT2D eigenvalue weighted by Gasteiger charge is -2.21. The van der Waals surface area contributed by atoms with Crippen molar-refractivity contribution in [3.63, 3.8) is 0 Å². The van der Waals surface area contributed by atoms with E-state index < -0.39 is 51.3 Å². The lowest BCUT2D eigenvalue weighted by Crippen LogP contribution is -2.29. The van der Waals surface area contributed by atoms with Gasteiger partial charge in [-0.05, 0) is 48.5 Å². The highest BCUT2D eigenvalue weighted by atomic mass is 31.2. The van der Waals surface area contributed by atoms with Gasteiger partial charge in [-0.2, -0.15) is 4.98 Å². The van der Waals surface area contributed by atoms with Gasteiger partial charge in [0.25, 0.3) is 0 Å². The third kappa shape index (κ3) is 8.45. The van der Waals surface area contributed by atoms with Crippen LogP contribution in [0.25, 0.3) is 0 Å². The Balaban J connectivity index is 0.00000134. The number of alkyl halides is 2. The van der Waals surface area contributed by atoms with Crippen molar-refractivity contribution in [3.8, 4) is 23.0 Å². The molecular formula is C24H27F3N3O8P. The van der Waals surface area contributed by atoms with Crippen LogP contribution < -0.4 is 29.9 Å². The quantitative estimate of drug-likeness (QED) is 0.344. The number of hydrogen-bond acceptors (Lipinski definition) is 10. The Morgan fingerprint density at radius 3 is 2.00 bits per heavy atom. The molecule has 0 bridgehead atoms. The molecule has 3 aromatic rings. The van der Waals surface area contributed by atoms with Crippen LogP contribution in [0.3, 0.4) is 0 Å². The lowest BCUT2D eigenvalue weighted by atomic mass is 10.2. The van der Waals surface area contributed by atoms with Gasteiger partial charge in [0.2, 0.25) is 6.93 Å². The third-order valence-corrected chi connectivity index (χ3v) is 6.35. The fourth-order valence-corrected chi connectivity index (χ4v) is 4.35. The summed E-state index contributed by atoms with van der Waals surface area (Å²) in [5.41, 5.74) is 4.54. The normalized spacial score (nSPS) is 18.3. The third-order valence-electron chi connectivity index (χ3n) is 5.27. The Morgan fingerprint density at radius 1 is 1.03 bits per heavy atom. The average Bonchev–Trinajstić information content (AvgIpc) is 3.30. The van der Waals surface area contributed by atoms with Crippen molar-refractivity contribution in [2.75, 3.05) is 33.5 Å². The molecule has 1 aromatic heterocycles. The van der Waals surface area contributed by atoms with Crippen LogP contribution in [-0.2, 0) is 9.26 Å². The van der Waals surface area contributed by atoms with Gasteiger partial charge >= 0.3 is 14.3 Å². The number of nitrogens with two attached hydrogens (primary N) is 1. The Morgan fingerprint density at radius 2 is 1.51 bits per heavy atom. The number of ether oxygens (including phenoxy) is 3. The largest absolute Gasteiger partial charge is 0.497 e. The van der Waals surface area contributed by atoms with Gasteiger partial charge in [0, 0.05) is 6.42 Å². The second-order valence-corrected chi connectivity index (χ2v) is 8.82. The molecule has 11 nitrogen and oxygen atoms in total. The second-order valence-electron chi connectivity index (χ2n) is 7.75. The Hall–Kier alpha value is -3.58. The van der Waals surface area contributed by atoms with Crippen LogP contribution in [0.5, 0.6) is 23.0 Å². The zero-order valence-corrected chi connectivity index (χ0v) is 21.8. The number of halogens is 3. The monoisotopic (exact) mass is 573 g/mol. The first kappa shape index (κ1) is 30.0. The molecule has 2 aromatic carbocycles. The molecule has 1 aliphatic rings. The number of aliphatic hydroxyl groups is 1. The summed E-state index contributed by atoms with van der Waals surface area (Å²) in [5, 5.41) is 10.5. The van der Waals surface area contributed by atoms with Crippen LogP contribution in [0.2, 0.25) is 0 Å². The molecule has 3 N–H and O–H groups in total. The van der Waals surface area contributed by atoms with Gasteiger partial charge in [0.05, 0.1) is 33.1 Å². The first-order valence-corrected chi connectivity index (χ1v) is 12.4. The van der Waals surface area contributed by atoms with Crippen molar-refractivity contribution in [2.45, 2.75) is 24.9 Å². The number of anilines is 1. The van der Waals surface area contributed by atoms with Crippen LogP contribution in [0.4, 0.5) is 19.0 Å². The van der Waals surface area contributed by atoms with Crippen molar-refractivity contribution >= 4 is 14.4 Å². The van der Waals surface area contributed by atoms with Crippen LogP contribution in [0, 0.1) is 5.82 Å². The molecule has 1 aliphatic heterocycles. The van der Waals surface area contributed by atoms with E-state index in [4.69, 9.17) is 33.5 Å². The molecule has 0 aliphatic carbocycles. The fraction of sp³-hybridized carbons (Fsp3) is 0.333. The van der Waals surface area contributed by atoms with Gasteiger partial charge < -0.3 is 34.1 Å². The van der Waals surface area contributed by atoms with Crippen molar-refractivity contribution < 1.29 is 46.1 Å². The van der Waals surface area contributed by atoms with E-state index in [1.54, 1.807) is 62.8 Å². The molecule has 1 saturated heterocycles. The number of nitrogen functional groups attached to an aromatic ring is 1. The van der Waals surface area contributed by atoms with Crippen molar-refractivity contribution in [1.82, 2.24) is 9.55 Å². The summed E-state index contributed by atoms with van der Waals surface area (Å²) in [4.78, 5) is 15.5. The van der Waals surface area contributed by atoms with Crippen LogP contribution in [-0.4, -0.2) is 54.6 Å². The number of hydrogen-bond donors (Lipinski definition) is 2. The highest BCUT2D eigenvalue weighted by molar-refractivity contribution is 7.42. The van der Waals surface area contributed by atoms with E-state index in [9.17, 15) is 23.1 Å². The number of rotatable bonds is 10. The number of aromatic nitrogens is 2. The summed E-state index contributed by atoms with van der Waals surface area (Å²) in [5.74, 6) is 0.873. The van der Waals surface area contributed by atoms with E-state index in [2.05, 4.69) is 4.98 Å². The molecule has 0 radical (unpaired) electrons. The van der Waals surface area contributed by atoms with Gasteiger partial charge in [-0.15, -0.1) is 0 Å².